The van der Waals surface area contributed by atoms with Gasteiger partial charge in [0.2, 0.25) is 0 Å². The molecule has 15 heavy (non-hydrogen) atoms. The minimum atomic E-state index is -0.602. The minimum Gasteiger partial charge on any atom is -0.505 e. The van der Waals surface area contributed by atoms with Crippen LogP contribution < -0.4 is 5.73 Å². The summed E-state index contributed by atoms with van der Waals surface area (Å²) in [6.45, 7) is 2.09. The molecule has 0 fully saturated rings. The van der Waals surface area contributed by atoms with Gasteiger partial charge in [-0.3, -0.25) is 0 Å². The van der Waals surface area contributed by atoms with Gasteiger partial charge in [0.1, 0.15) is 0 Å². The minimum absolute atomic E-state index is 0. The lowest BCUT2D eigenvalue weighted by Gasteiger charge is -2.11. The van der Waals surface area contributed by atoms with Crippen LogP contribution >= 0.6 is 12.4 Å². The first-order valence-electron chi connectivity index (χ1n) is 4.89. The zero-order chi connectivity index (χ0) is 10.6. The number of phenols is 1. The highest BCUT2D eigenvalue weighted by molar-refractivity contribution is 5.85. The quantitative estimate of drug-likeness (QED) is 0.839. The molecule has 0 bridgehead atoms. The molecule has 0 aromatic heterocycles. The lowest BCUT2D eigenvalue weighted by atomic mass is 10.0. The lowest BCUT2D eigenvalue weighted by molar-refractivity contribution is 0.431. The molecule has 86 valence electrons. The van der Waals surface area contributed by atoms with Gasteiger partial charge in [-0.25, -0.2) is 4.39 Å². The average molecular weight is 234 g/mol. The van der Waals surface area contributed by atoms with Crippen molar-refractivity contribution in [3.8, 4) is 5.75 Å². The highest BCUT2D eigenvalue weighted by Crippen LogP contribution is 2.22. The lowest BCUT2D eigenvalue weighted by Crippen LogP contribution is -2.10. The summed E-state index contributed by atoms with van der Waals surface area (Å²) in [5.41, 5.74) is 6.60. The number of benzene rings is 1. The molecule has 0 aliphatic rings. The maximum absolute atomic E-state index is 13.0. The van der Waals surface area contributed by atoms with Crippen LogP contribution in [-0.4, -0.2) is 5.11 Å². The summed E-state index contributed by atoms with van der Waals surface area (Å²) in [7, 11) is 0. The molecule has 2 nitrogen and oxygen atoms in total. The van der Waals surface area contributed by atoms with Gasteiger partial charge >= 0.3 is 0 Å². The normalized spacial score (nSPS) is 11.9. The number of hydrogen-bond acceptors (Lipinski definition) is 2. The predicted molar refractivity (Wildman–Crippen MR) is 61.8 cm³/mol. The van der Waals surface area contributed by atoms with Crippen molar-refractivity contribution in [2.75, 3.05) is 0 Å². The Hall–Kier alpha value is -0.800. The molecule has 1 atom stereocenters. The Morgan fingerprint density at radius 1 is 1.47 bits per heavy atom. The van der Waals surface area contributed by atoms with Crippen molar-refractivity contribution in [1.82, 2.24) is 0 Å². The van der Waals surface area contributed by atoms with Crippen molar-refractivity contribution in [1.29, 1.82) is 0 Å². The summed E-state index contributed by atoms with van der Waals surface area (Å²) in [4.78, 5) is 0. The summed E-state index contributed by atoms with van der Waals surface area (Å²) in [5, 5.41) is 8.99. The van der Waals surface area contributed by atoms with E-state index in [9.17, 15) is 4.39 Å². The standard InChI is InChI=1S/C11H16FNO.ClH/c1-2-3-4-10(13)8-5-6-11(14)9(12)7-8;/h5-7,10,14H,2-4,13H2,1H3;1H/t10-;/m1./s1. The molecule has 1 rings (SSSR count). The number of unbranched alkanes of at least 4 members (excludes halogenated alkanes) is 1. The third kappa shape index (κ3) is 4.06. The molecule has 0 radical (unpaired) electrons. The van der Waals surface area contributed by atoms with E-state index in [4.69, 9.17) is 10.8 Å². The number of rotatable bonds is 4. The molecular weight excluding hydrogens is 217 g/mol. The van der Waals surface area contributed by atoms with Crippen LogP contribution in [0, 0.1) is 5.82 Å². The van der Waals surface area contributed by atoms with E-state index in [1.54, 1.807) is 6.07 Å². The Morgan fingerprint density at radius 2 is 2.13 bits per heavy atom. The van der Waals surface area contributed by atoms with Gasteiger partial charge in [0.15, 0.2) is 11.6 Å². The second-order valence-electron chi connectivity index (χ2n) is 3.46. The highest BCUT2D eigenvalue weighted by Gasteiger charge is 2.08. The van der Waals surface area contributed by atoms with Gasteiger partial charge in [-0.2, -0.15) is 0 Å². The molecule has 0 amide bonds. The van der Waals surface area contributed by atoms with Crippen LogP contribution in [0.5, 0.6) is 5.75 Å². The van der Waals surface area contributed by atoms with Crippen LogP contribution in [0.3, 0.4) is 0 Å². The van der Waals surface area contributed by atoms with E-state index in [1.807, 2.05) is 0 Å². The number of nitrogens with two attached hydrogens (primary N) is 1. The molecule has 0 heterocycles. The van der Waals surface area contributed by atoms with E-state index >= 15 is 0 Å². The third-order valence-corrected chi connectivity index (χ3v) is 2.27. The SMILES string of the molecule is CCCC[C@@H](N)c1ccc(O)c(F)c1.Cl. The fraction of sp³-hybridized carbons (Fsp3) is 0.455. The van der Waals surface area contributed by atoms with Crippen LogP contribution in [0.15, 0.2) is 18.2 Å². The molecule has 0 spiro atoms. The Balaban J connectivity index is 0.00000196. The van der Waals surface area contributed by atoms with Crippen LogP contribution in [0.4, 0.5) is 4.39 Å². The summed E-state index contributed by atoms with van der Waals surface area (Å²) in [6.07, 6.45) is 2.96. The fourth-order valence-corrected chi connectivity index (χ4v) is 1.34. The van der Waals surface area contributed by atoms with Crippen molar-refractivity contribution in [3.63, 3.8) is 0 Å². The Kier molecular flexibility index (Phi) is 6.29. The summed E-state index contributed by atoms with van der Waals surface area (Å²) in [5.74, 6) is -0.925. The molecular formula is C11H17ClFNO. The highest BCUT2D eigenvalue weighted by atomic mass is 35.5. The van der Waals surface area contributed by atoms with Gasteiger partial charge in [0.05, 0.1) is 0 Å². The van der Waals surface area contributed by atoms with Gasteiger partial charge < -0.3 is 10.8 Å². The van der Waals surface area contributed by atoms with E-state index in [2.05, 4.69) is 6.92 Å². The Labute approximate surface area is 95.7 Å². The third-order valence-electron chi connectivity index (χ3n) is 2.27. The van der Waals surface area contributed by atoms with E-state index in [0.717, 1.165) is 24.8 Å². The Morgan fingerprint density at radius 3 is 2.67 bits per heavy atom. The van der Waals surface area contributed by atoms with Crippen molar-refractivity contribution in [2.45, 2.75) is 32.2 Å². The monoisotopic (exact) mass is 233 g/mol. The summed E-state index contributed by atoms with van der Waals surface area (Å²) >= 11 is 0. The Bertz CT molecular complexity index is 307. The topological polar surface area (TPSA) is 46.2 Å². The van der Waals surface area contributed by atoms with Crippen molar-refractivity contribution >= 4 is 12.4 Å². The van der Waals surface area contributed by atoms with Gasteiger partial charge in [-0.15, -0.1) is 12.4 Å². The van der Waals surface area contributed by atoms with Gasteiger partial charge in [-0.05, 0) is 24.1 Å². The number of aromatic hydroxyl groups is 1. The van der Waals surface area contributed by atoms with E-state index in [1.165, 1.54) is 12.1 Å². The second kappa shape index (κ2) is 6.64. The number of hydrogen-bond donors (Lipinski definition) is 2. The molecule has 4 heteroatoms. The smallest absolute Gasteiger partial charge is 0.165 e. The van der Waals surface area contributed by atoms with Crippen LogP contribution in [0.25, 0.3) is 0 Å². The molecule has 1 aromatic carbocycles. The molecule has 0 unspecified atom stereocenters. The van der Waals surface area contributed by atoms with E-state index in [0.29, 0.717) is 0 Å². The first-order chi connectivity index (χ1) is 6.65. The van der Waals surface area contributed by atoms with Gasteiger partial charge in [-0.1, -0.05) is 25.8 Å². The van der Waals surface area contributed by atoms with Crippen LogP contribution in [-0.2, 0) is 0 Å². The molecule has 0 aliphatic heterocycles. The predicted octanol–water partition coefficient (Wildman–Crippen LogP) is 3.14. The van der Waals surface area contributed by atoms with Crippen molar-refractivity contribution in [3.05, 3.63) is 29.6 Å². The number of phenolic OH excluding ortho intramolecular Hbond substituents is 1. The van der Waals surface area contributed by atoms with Crippen molar-refractivity contribution in [2.24, 2.45) is 5.73 Å². The molecule has 0 saturated heterocycles. The zero-order valence-corrected chi connectivity index (χ0v) is 9.56. The molecule has 0 saturated carbocycles. The van der Waals surface area contributed by atoms with E-state index < -0.39 is 5.82 Å². The maximum Gasteiger partial charge on any atom is 0.165 e. The van der Waals surface area contributed by atoms with Crippen molar-refractivity contribution < 1.29 is 9.50 Å². The number of halogens is 2. The van der Waals surface area contributed by atoms with Crippen LogP contribution in [0.1, 0.15) is 37.8 Å². The van der Waals surface area contributed by atoms with Crippen LogP contribution in [0.2, 0.25) is 0 Å². The summed E-state index contributed by atoms with van der Waals surface area (Å²) in [6, 6.07) is 4.18. The average Bonchev–Trinajstić information content (AvgIpc) is 2.18. The zero-order valence-electron chi connectivity index (χ0n) is 8.74. The second-order valence-corrected chi connectivity index (χ2v) is 3.46. The summed E-state index contributed by atoms with van der Waals surface area (Å²) < 4.78 is 13.0. The van der Waals surface area contributed by atoms with Gasteiger partial charge in [0, 0.05) is 6.04 Å². The van der Waals surface area contributed by atoms with Gasteiger partial charge in [0.25, 0.3) is 0 Å². The first-order valence-corrected chi connectivity index (χ1v) is 4.89. The molecule has 3 N–H and O–H groups in total. The molecule has 0 aliphatic carbocycles. The largest absolute Gasteiger partial charge is 0.505 e. The van der Waals surface area contributed by atoms with E-state index in [-0.39, 0.29) is 24.2 Å². The molecule has 1 aromatic rings. The first kappa shape index (κ1) is 14.2. The fourth-order valence-electron chi connectivity index (χ4n) is 1.34. The maximum atomic E-state index is 13.0.